The lowest BCUT2D eigenvalue weighted by atomic mass is 9.77. The highest BCUT2D eigenvalue weighted by Crippen LogP contribution is 2.51. The van der Waals surface area contributed by atoms with Gasteiger partial charge in [0.1, 0.15) is 11.4 Å². The van der Waals surface area contributed by atoms with Crippen LogP contribution in [0.5, 0.6) is 0 Å². The minimum atomic E-state index is -0.586. The van der Waals surface area contributed by atoms with Gasteiger partial charge in [-0.1, -0.05) is 12.2 Å². The number of likely N-dealkylation sites (tertiary alicyclic amines) is 1. The zero-order chi connectivity index (χ0) is 17.4. The number of carbonyl (C=O) groups is 2. The maximum absolute atomic E-state index is 12.6. The lowest BCUT2D eigenvalue weighted by molar-refractivity contribution is -0.136. The van der Waals surface area contributed by atoms with E-state index in [0.29, 0.717) is 13.1 Å². The molecule has 6 nitrogen and oxygen atoms in total. The van der Waals surface area contributed by atoms with E-state index in [9.17, 15) is 9.59 Å². The molecule has 0 aliphatic carbocycles. The molecule has 2 amide bonds. The zero-order valence-corrected chi connectivity index (χ0v) is 15.0. The molecule has 0 saturated carbocycles. The van der Waals surface area contributed by atoms with E-state index in [1.807, 2.05) is 24.3 Å². The molecule has 1 spiro atoms. The fourth-order valence-corrected chi connectivity index (χ4v) is 4.92. The van der Waals surface area contributed by atoms with Crippen LogP contribution >= 0.6 is 11.8 Å². The summed E-state index contributed by atoms with van der Waals surface area (Å²) in [6.45, 7) is 1.15. The predicted octanol–water partition coefficient (Wildman–Crippen LogP) is 1.43. The standard InChI is InChI=1S/C18H22N2O4S/c1-20-11-18-6-5-13(24-18)14(15(18)17(20)22)16(21)19-7-3-9-25-10-12-4-2-8-23-12/h2,4-6,8,13-15H,3,7,9-11H2,1H3,(H,19,21)/t13-,14-,15+,18-/m0/s1. The molecule has 7 heteroatoms. The molecule has 3 aliphatic rings. The molecule has 1 aromatic rings. The van der Waals surface area contributed by atoms with E-state index >= 15 is 0 Å². The SMILES string of the molecule is CN1C[C@]23C=C[C@H](O2)[C@H](C(=O)NCCCSCc2ccco2)[C@@H]3C1=O. The highest BCUT2D eigenvalue weighted by molar-refractivity contribution is 7.98. The van der Waals surface area contributed by atoms with E-state index in [2.05, 4.69) is 5.32 Å². The second-order valence-electron chi connectivity index (χ2n) is 6.87. The quantitative estimate of drug-likeness (QED) is 0.587. The van der Waals surface area contributed by atoms with Crippen molar-refractivity contribution in [2.45, 2.75) is 23.9 Å². The normalized spacial score (nSPS) is 32.4. The maximum atomic E-state index is 12.6. The van der Waals surface area contributed by atoms with Gasteiger partial charge in [-0.3, -0.25) is 9.59 Å². The number of fused-ring (bicyclic) bond motifs is 1. The highest BCUT2D eigenvalue weighted by atomic mass is 32.2. The number of rotatable bonds is 7. The molecule has 2 fully saturated rings. The van der Waals surface area contributed by atoms with Crippen LogP contribution in [-0.4, -0.2) is 54.3 Å². The molecule has 134 valence electrons. The number of furan rings is 1. The average molecular weight is 362 g/mol. The first-order valence-corrected chi connectivity index (χ1v) is 9.76. The Morgan fingerprint density at radius 1 is 1.52 bits per heavy atom. The van der Waals surface area contributed by atoms with Crippen molar-refractivity contribution in [1.29, 1.82) is 0 Å². The summed E-state index contributed by atoms with van der Waals surface area (Å²) in [6, 6.07) is 3.85. The van der Waals surface area contributed by atoms with Gasteiger partial charge < -0.3 is 19.4 Å². The van der Waals surface area contributed by atoms with Crippen molar-refractivity contribution >= 4 is 23.6 Å². The van der Waals surface area contributed by atoms with Gasteiger partial charge in [-0.05, 0) is 24.3 Å². The Hall–Kier alpha value is -1.73. The van der Waals surface area contributed by atoms with Gasteiger partial charge in [0.2, 0.25) is 11.8 Å². The maximum Gasteiger partial charge on any atom is 0.229 e. The summed E-state index contributed by atoms with van der Waals surface area (Å²) in [5, 5.41) is 2.99. The number of ether oxygens (including phenoxy) is 1. The molecule has 4 heterocycles. The van der Waals surface area contributed by atoms with Gasteiger partial charge in [-0.15, -0.1) is 0 Å². The Kier molecular flexibility index (Phi) is 4.37. The second-order valence-corrected chi connectivity index (χ2v) is 7.98. The zero-order valence-electron chi connectivity index (χ0n) is 14.1. The molecular formula is C18H22N2O4S. The largest absolute Gasteiger partial charge is 0.468 e. The van der Waals surface area contributed by atoms with Crippen LogP contribution in [-0.2, 0) is 20.1 Å². The summed E-state index contributed by atoms with van der Waals surface area (Å²) in [7, 11) is 1.77. The predicted molar refractivity (Wildman–Crippen MR) is 93.9 cm³/mol. The van der Waals surface area contributed by atoms with Gasteiger partial charge in [-0.25, -0.2) is 0 Å². The molecule has 0 unspecified atom stereocenters. The van der Waals surface area contributed by atoms with Crippen molar-refractivity contribution < 1.29 is 18.7 Å². The van der Waals surface area contributed by atoms with Crippen LogP contribution in [0, 0.1) is 11.8 Å². The third-order valence-corrected chi connectivity index (χ3v) is 6.25. The number of nitrogens with zero attached hydrogens (tertiary/aromatic N) is 1. The third kappa shape index (κ3) is 2.89. The Balaban J connectivity index is 1.25. The van der Waals surface area contributed by atoms with E-state index in [1.54, 1.807) is 30.0 Å². The summed E-state index contributed by atoms with van der Waals surface area (Å²) in [6.07, 6.45) is 6.20. The number of nitrogens with one attached hydrogen (secondary N) is 1. The average Bonchev–Trinajstić information content (AvgIpc) is 3.34. The Morgan fingerprint density at radius 2 is 2.40 bits per heavy atom. The molecule has 2 saturated heterocycles. The van der Waals surface area contributed by atoms with Gasteiger partial charge in [0, 0.05) is 13.6 Å². The monoisotopic (exact) mass is 362 g/mol. The van der Waals surface area contributed by atoms with Crippen LogP contribution in [0.15, 0.2) is 35.0 Å². The Morgan fingerprint density at radius 3 is 3.20 bits per heavy atom. The second kappa shape index (κ2) is 6.53. The smallest absolute Gasteiger partial charge is 0.229 e. The number of amides is 2. The number of hydrogen-bond acceptors (Lipinski definition) is 5. The number of hydrogen-bond donors (Lipinski definition) is 1. The molecule has 2 bridgehead atoms. The van der Waals surface area contributed by atoms with Crippen LogP contribution in [0.25, 0.3) is 0 Å². The van der Waals surface area contributed by atoms with E-state index in [4.69, 9.17) is 9.15 Å². The van der Waals surface area contributed by atoms with Gasteiger partial charge in [-0.2, -0.15) is 11.8 Å². The summed E-state index contributed by atoms with van der Waals surface area (Å²) in [5.41, 5.74) is -0.586. The van der Waals surface area contributed by atoms with Crippen molar-refractivity contribution in [2.24, 2.45) is 11.8 Å². The summed E-state index contributed by atoms with van der Waals surface area (Å²) < 4.78 is 11.3. The van der Waals surface area contributed by atoms with Crippen molar-refractivity contribution in [2.75, 3.05) is 25.9 Å². The molecular weight excluding hydrogens is 340 g/mol. The summed E-state index contributed by atoms with van der Waals surface area (Å²) in [5.74, 6) is 1.92. The number of thioether (sulfide) groups is 1. The van der Waals surface area contributed by atoms with Gasteiger partial charge >= 0.3 is 0 Å². The van der Waals surface area contributed by atoms with Crippen molar-refractivity contribution in [3.8, 4) is 0 Å². The fraction of sp³-hybridized carbons (Fsp3) is 0.556. The molecule has 1 N–H and O–H groups in total. The molecule has 4 rings (SSSR count). The van der Waals surface area contributed by atoms with Crippen LogP contribution in [0.2, 0.25) is 0 Å². The van der Waals surface area contributed by atoms with Gasteiger partial charge in [0.05, 0.1) is 36.5 Å². The van der Waals surface area contributed by atoms with Crippen LogP contribution in [0.3, 0.4) is 0 Å². The third-order valence-electron chi connectivity index (χ3n) is 5.18. The van der Waals surface area contributed by atoms with Crippen molar-refractivity contribution in [3.05, 3.63) is 36.3 Å². The molecule has 4 atom stereocenters. The molecule has 25 heavy (non-hydrogen) atoms. The molecule has 3 aliphatic heterocycles. The van der Waals surface area contributed by atoms with E-state index in [1.165, 1.54) is 0 Å². The van der Waals surface area contributed by atoms with Crippen LogP contribution in [0.1, 0.15) is 12.2 Å². The minimum absolute atomic E-state index is 0.0148. The van der Waals surface area contributed by atoms with E-state index < -0.39 is 11.5 Å². The molecule has 0 radical (unpaired) electrons. The van der Waals surface area contributed by atoms with Crippen LogP contribution in [0.4, 0.5) is 0 Å². The first-order chi connectivity index (χ1) is 12.1. The van der Waals surface area contributed by atoms with E-state index in [-0.39, 0.29) is 23.8 Å². The minimum Gasteiger partial charge on any atom is -0.468 e. The van der Waals surface area contributed by atoms with Crippen LogP contribution < -0.4 is 5.32 Å². The fourth-order valence-electron chi connectivity index (χ4n) is 4.06. The van der Waals surface area contributed by atoms with Crippen molar-refractivity contribution in [1.82, 2.24) is 10.2 Å². The summed E-state index contributed by atoms with van der Waals surface area (Å²) in [4.78, 5) is 26.7. The molecule has 0 aromatic carbocycles. The summed E-state index contributed by atoms with van der Waals surface area (Å²) >= 11 is 1.78. The molecule has 1 aromatic heterocycles. The first kappa shape index (κ1) is 16.7. The number of likely N-dealkylation sites (N-methyl/N-ethyl adjacent to an activating group) is 1. The highest BCUT2D eigenvalue weighted by Gasteiger charge is 2.66. The lowest BCUT2D eigenvalue weighted by Crippen LogP contribution is -2.44. The van der Waals surface area contributed by atoms with Gasteiger partial charge in [0.25, 0.3) is 0 Å². The Bertz CT molecular complexity index is 689. The van der Waals surface area contributed by atoms with Crippen molar-refractivity contribution in [3.63, 3.8) is 0 Å². The van der Waals surface area contributed by atoms with E-state index in [0.717, 1.165) is 23.7 Å². The number of carbonyl (C=O) groups excluding carboxylic acids is 2. The lowest BCUT2D eigenvalue weighted by Gasteiger charge is -2.23. The topological polar surface area (TPSA) is 71.8 Å². The van der Waals surface area contributed by atoms with Gasteiger partial charge in [0.15, 0.2) is 0 Å². The first-order valence-electron chi connectivity index (χ1n) is 8.61. The Labute approximate surface area is 150 Å².